The van der Waals surface area contributed by atoms with Gasteiger partial charge in [0.25, 0.3) is 11.8 Å². The predicted octanol–water partition coefficient (Wildman–Crippen LogP) is 6.84. The van der Waals surface area contributed by atoms with Gasteiger partial charge >= 0.3 is 6.01 Å². The number of carbonyl (C=O) groups is 1. The van der Waals surface area contributed by atoms with Crippen molar-refractivity contribution in [3.05, 3.63) is 84.1 Å². The number of anilines is 1. The zero-order valence-electron chi connectivity index (χ0n) is 18.7. The van der Waals surface area contributed by atoms with Gasteiger partial charge in [0.2, 0.25) is 0 Å². The molecule has 2 aromatic carbocycles. The SMILES string of the molecule is CC1(C)CC=C(c2ccc(-c3cccc(C(=O)Nc4nnc(-c5ccco5)o4)c3)cc2)CC1. The summed E-state index contributed by atoms with van der Waals surface area (Å²) in [7, 11) is 0. The molecule has 166 valence electrons. The Morgan fingerprint density at radius 1 is 0.970 bits per heavy atom. The van der Waals surface area contributed by atoms with Gasteiger partial charge < -0.3 is 8.83 Å². The standard InChI is InChI=1S/C27H25N3O3/c1-27(2)14-12-20(13-15-27)18-8-10-19(11-9-18)21-5-3-6-22(17-21)24(31)28-26-30-29-25(33-26)23-7-4-16-32-23/h3-12,16-17H,13-15H2,1-2H3,(H,28,30,31). The molecule has 0 saturated heterocycles. The molecule has 1 aliphatic carbocycles. The second kappa shape index (κ2) is 8.54. The van der Waals surface area contributed by atoms with Crippen LogP contribution in [0.25, 0.3) is 28.4 Å². The second-order valence-electron chi connectivity index (χ2n) is 9.10. The number of furan rings is 1. The van der Waals surface area contributed by atoms with Gasteiger partial charge in [-0.3, -0.25) is 10.1 Å². The molecule has 0 unspecified atom stereocenters. The van der Waals surface area contributed by atoms with E-state index in [1.165, 1.54) is 23.8 Å². The molecule has 1 aliphatic rings. The Bertz CT molecular complexity index is 1300. The van der Waals surface area contributed by atoms with E-state index in [-0.39, 0.29) is 17.8 Å². The Labute approximate surface area is 192 Å². The Balaban J connectivity index is 1.30. The van der Waals surface area contributed by atoms with E-state index in [0.29, 0.717) is 16.7 Å². The van der Waals surface area contributed by atoms with E-state index in [4.69, 9.17) is 8.83 Å². The van der Waals surface area contributed by atoms with Crippen molar-refractivity contribution in [1.29, 1.82) is 0 Å². The lowest BCUT2D eigenvalue weighted by Gasteiger charge is -2.28. The second-order valence-corrected chi connectivity index (χ2v) is 9.10. The number of nitrogens with zero attached hydrogens (tertiary/aromatic N) is 2. The van der Waals surface area contributed by atoms with Crippen molar-refractivity contribution in [2.45, 2.75) is 33.1 Å². The Morgan fingerprint density at radius 3 is 2.52 bits per heavy atom. The molecule has 6 heteroatoms. The van der Waals surface area contributed by atoms with Gasteiger partial charge in [-0.15, -0.1) is 5.10 Å². The largest absolute Gasteiger partial charge is 0.459 e. The molecule has 0 fully saturated rings. The number of carbonyl (C=O) groups excluding carboxylic acids is 1. The van der Waals surface area contributed by atoms with E-state index in [0.717, 1.165) is 24.0 Å². The van der Waals surface area contributed by atoms with Crippen molar-refractivity contribution in [2.24, 2.45) is 5.41 Å². The highest BCUT2D eigenvalue weighted by molar-refractivity contribution is 6.03. The lowest BCUT2D eigenvalue weighted by molar-refractivity contribution is 0.102. The van der Waals surface area contributed by atoms with Crippen molar-refractivity contribution in [3.8, 4) is 22.8 Å². The maximum Gasteiger partial charge on any atom is 0.322 e. The van der Waals surface area contributed by atoms with E-state index in [1.807, 2.05) is 18.2 Å². The lowest BCUT2D eigenvalue weighted by atomic mass is 9.77. The topological polar surface area (TPSA) is 81.2 Å². The molecular weight excluding hydrogens is 414 g/mol. The summed E-state index contributed by atoms with van der Waals surface area (Å²) in [5.74, 6) is 0.333. The number of nitrogens with one attached hydrogen (secondary N) is 1. The number of benzene rings is 2. The predicted molar refractivity (Wildman–Crippen MR) is 127 cm³/mol. The van der Waals surface area contributed by atoms with Crippen LogP contribution in [-0.4, -0.2) is 16.1 Å². The Kier molecular flexibility index (Phi) is 5.42. The van der Waals surface area contributed by atoms with Crippen LogP contribution in [-0.2, 0) is 0 Å². The summed E-state index contributed by atoms with van der Waals surface area (Å²) in [6.07, 6.45) is 7.32. The minimum atomic E-state index is -0.321. The van der Waals surface area contributed by atoms with Gasteiger partial charge in [-0.25, -0.2) is 0 Å². The van der Waals surface area contributed by atoms with Gasteiger partial charge in [0.1, 0.15) is 0 Å². The third-order valence-corrected chi connectivity index (χ3v) is 6.06. The molecule has 0 saturated carbocycles. The highest BCUT2D eigenvalue weighted by Crippen LogP contribution is 2.38. The number of amides is 1. The maximum atomic E-state index is 12.7. The first-order valence-electron chi connectivity index (χ1n) is 11.1. The molecule has 4 aromatic rings. The number of rotatable bonds is 5. The summed E-state index contributed by atoms with van der Waals surface area (Å²) in [6.45, 7) is 4.64. The third kappa shape index (κ3) is 4.65. The van der Waals surface area contributed by atoms with Gasteiger partial charge in [-0.05, 0) is 71.2 Å². The van der Waals surface area contributed by atoms with Crippen LogP contribution in [0.1, 0.15) is 49.0 Å². The highest BCUT2D eigenvalue weighted by atomic mass is 16.4. The molecular formula is C27H25N3O3. The zero-order valence-corrected chi connectivity index (χ0v) is 18.7. The van der Waals surface area contributed by atoms with Crippen molar-refractivity contribution in [1.82, 2.24) is 10.2 Å². The molecule has 5 rings (SSSR count). The summed E-state index contributed by atoms with van der Waals surface area (Å²) in [5.41, 5.74) is 5.62. The summed E-state index contributed by atoms with van der Waals surface area (Å²) in [5, 5.41) is 10.4. The lowest BCUT2D eigenvalue weighted by Crippen LogP contribution is -2.14. The fraction of sp³-hybridized carbons (Fsp3) is 0.222. The van der Waals surface area contributed by atoms with Crippen LogP contribution in [0.2, 0.25) is 0 Å². The molecule has 0 radical (unpaired) electrons. The van der Waals surface area contributed by atoms with Gasteiger partial charge in [0.15, 0.2) is 5.76 Å². The first-order chi connectivity index (χ1) is 16.0. The number of allylic oxidation sites excluding steroid dienone is 2. The monoisotopic (exact) mass is 439 g/mol. The number of hydrogen-bond acceptors (Lipinski definition) is 5. The van der Waals surface area contributed by atoms with E-state index in [2.05, 4.69) is 59.7 Å². The van der Waals surface area contributed by atoms with Crippen LogP contribution in [0, 0.1) is 5.41 Å². The first-order valence-corrected chi connectivity index (χ1v) is 11.1. The molecule has 0 bridgehead atoms. The Morgan fingerprint density at radius 2 is 1.79 bits per heavy atom. The summed E-state index contributed by atoms with van der Waals surface area (Å²) in [4.78, 5) is 12.7. The van der Waals surface area contributed by atoms with E-state index >= 15 is 0 Å². The van der Waals surface area contributed by atoms with Gasteiger partial charge in [-0.1, -0.05) is 61.4 Å². The van der Waals surface area contributed by atoms with Crippen molar-refractivity contribution in [3.63, 3.8) is 0 Å². The maximum absolute atomic E-state index is 12.7. The Hall–Kier alpha value is -3.93. The van der Waals surface area contributed by atoms with Crippen molar-refractivity contribution >= 4 is 17.5 Å². The fourth-order valence-corrected chi connectivity index (χ4v) is 4.00. The normalized spacial score (nSPS) is 15.2. The molecule has 0 spiro atoms. The van der Waals surface area contributed by atoms with E-state index in [1.54, 1.807) is 18.2 Å². The van der Waals surface area contributed by atoms with Gasteiger partial charge in [-0.2, -0.15) is 0 Å². The third-order valence-electron chi connectivity index (χ3n) is 6.06. The van der Waals surface area contributed by atoms with Crippen LogP contribution in [0.5, 0.6) is 0 Å². The molecule has 1 amide bonds. The average Bonchev–Trinajstić information content (AvgIpc) is 3.52. The molecule has 6 nitrogen and oxygen atoms in total. The molecule has 2 heterocycles. The molecule has 2 aromatic heterocycles. The first kappa shape index (κ1) is 20.9. The molecule has 1 N–H and O–H groups in total. The van der Waals surface area contributed by atoms with Gasteiger partial charge in [0, 0.05) is 5.56 Å². The fourth-order valence-electron chi connectivity index (χ4n) is 4.00. The van der Waals surface area contributed by atoms with Crippen molar-refractivity contribution in [2.75, 3.05) is 5.32 Å². The van der Waals surface area contributed by atoms with Crippen LogP contribution in [0.4, 0.5) is 6.01 Å². The van der Waals surface area contributed by atoms with Crippen molar-refractivity contribution < 1.29 is 13.6 Å². The number of hydrogen-bond donors (Lipinski definition) is 1. The summed E-state index contributed by atoms with van der Waals surface area (Å²) in [6, 6.07) is 19.5. The average molecular weight is 440 g/mol. The van der Waals surface area contributed by atoms with Crippen LogP contribution >= 0.6 is 0 Å². The van der Waals surface area contributed by atoms with Crippen LogP contribution in [0.15, 0.2) is 81.8 Å². The number of aromatic nitrogens is 2. The van der Waals surface area contributed by atoms with Crippen LogP contribution in [0.3, 0.4) is 0 Å². The highest BCUT2D eigenvalue weighted by Gasteiger charge is 2.22. The quantitative estimate of drug-likeness (QED) is 0.368. The minimum absolute atomic E-state index is 0.0186. The van der Waals surface area contributed by atoms with E-state index < -0.39 is 0 Å². The summed E-state index contributed by atoms with van der Waals surface area (Å²) < 4.78 is 10.7. The molecule has 33 heavy (non-hydrogen) atoms. The minimum Gasteiger partial charge on any atom is -0.459 e. The smallest absolute Gasteiger partial charge is 0.322 e. The molecule has 0 atom stereocenters. The zero-order chi connectivity index (χ0) is 22.8. The summed E-state index contributed by atoms with van der Waals surface area (Å²) >= 11 is 0. The van der Waals surface area contributed by atoms with Crippen LogP contribution < -0.4 is 5.32 Å². The van der Waals surface area contributed by atoms with Gasteiger partial charge in [0.05, 0.1) is 6.26 Å². The van der Waals surface area contributed by atoms with E-state index in [9.17, 15) is 4.79 Å². The molecule has 0 aliphatic heterocycles.